The van der Waals surface area contributed by atoms with Crippen molar-refractivity contribution in [2.24, 2.45) is 0 Å². The molecule has 1 saturated carbocycles. The van der Waals surface area contributed by atoms with E-state index in [2.05, 4.69) is 0 Å². The van der Waals surface area contributed by atoms with E-state index in [4.69, 9.17) is 0 Å². The molecule has 1 aliphatic rings. The molecular weight excluding hydrogens is 215 g/mol. The first-order valence-corrected chi connectivity index (χ1v) is 6.26. The fourth-order valence-corrected chi connectivity index (χ4v) is 2.01. The maximum Gasteiger partial charge on any atom is 0.390 e. The largest absolute Gasteiger partial charge is 0.390 e. The minimum absolute atomic E-state index is 0.147. The summed E-state index contributed by atoms with van der Waals surface area (Å²) in [6.07, 6.45) is 1.01. The second-order valence-electron chi connectivity index (χ2n) is 4.14. The van der Waals surface area contributed by atoms with Gasteiger partial charge in [0.25, 0.3) is 0 Å². The smallest absolute Gasteiger partial charge is 0.303 e. The van der Waals surface area contributed by atoms with Gasteiger partial charge < -0.3 is 4.90 Å². The molecule has 1 aliphatic carbocycles. The van der Waals surface area contributed by atoms with Gasteiger partial charge in [-0.05, 0) is 19.9 Å². The highest BCUT2D eigenvalue weighted by molar-refractivity contribution is 4.73. The van der Waals surface area contributed by atoms with Gasteiger partial charge in [0.2, 0.25) is 0 Å². The summed E-state index contributed by atoms with van der Waals surface area (Å²) in [7, 11) is 1.81. The molecule has 98 valence electrons. The lowest BCUT2D eigenvalue weighted by molar-refractivity contribution is -0.138. The van der Waals surface area contributed by atoms with E-state index < -0.39 is 12.6 Å². The molecule has 0 bridgehead atoms. The summed E-state index contributed by atoms with van der Waals surface area (Å²) >= 11 is 0. The van der Waals surface area contributed by atoms with Gasteiger partial charge >= 0.3 is 6.18 Å². The van der Waals surface area contributed by atoms with Crippen LogP contribution < -0.4 is 0 Å². The van der Waals surface area contributed by atoms with Gasteiger partial charge in [-0.2, -0.15) is 13.2 Å². The summed E-state index contributed by atoms with van der Waals surface area (Å²) < 4.78 is 35.9. The molecule has 0 aliphatic heterocycles. The van der Waals surface area contributed by atoms with E-state index in [1.165, 1.54) is 19.3 Å². The Morgan fingerprint density at radius 3 is 2.00 bits per heavy atom. The van der Waals surface area contributed by atoms with Crippen molar-refractivity contribution in [3.05, 3.63) is 0 Å². The molecule has 16 heavy (non-hydrogen) atoms. The highest BCUT2D eigenvalue weighted by Crippen LogP contribution is 2.24. The Bertz CT molecular complexity index is 162. The van der Waals surface area contributed by atoms with Crippen molar-refractivity contribution >= 4 is 0 Å². The monoisotopic (exact) mass is 239 g/mol. The van der Waals surface area contributed by atoms with Crippen molar-refractivity contribution in [2.45, 2.75) is 64.6 Å². The van der Waals surface area contributed by atoms with Gasteiger partial charge in [-0.1, -0.05) is 33.1 Å². The van der Waals surface area contributed by atoms with Crippen LogP contribution in [-0.2, 0) is 0 Å². The third kappa shape index (κ3) is 7.09. The predicted molar refractivity (Wildman–Crippen MR) is 61.5 cm³/mol. The summed E-state index contributed by atoms with van der Waals surface area (Å²) in [5.74, 6) is 0. The lowest BCUT2D eigenvalue weighted by Gasteiger charge is -2.31. The Morgan fingerprint density at radius 1 is 1.06 bits per heavy atom. The average Bonchev–Trinajstić information content (AvgIpc) is 2.29. The minimum Gasteiger partial charge on any atom is -0.303 e. The molecule has 0 amide bonds. The SMILES string of the molecule is CC.CN(CCC(F)(F)F)C1CCCCC1. The Kier molecular flexibility index (Phi) is 7.81. The first kappa shape index (κ1) is 15.8. The fraction of sp³-hybridized carbons (Fsp3) is 1.00. The molecule has 0 radical (unpaired) electrons. The van der Waals surface area contributed by atoms with E-state index in [0.717, 1.165) is 12.8 Å². The van der Waals surface area contributed by atoms with Crippen LogP contribution in [0.15, 0.2) is 0 Å². The van der Waals surface area contributed by atoms with Crippen molar-refractivity contribution in [1.29, 1.82) is 0 Å². The molecule has 0 unspecified atom stereocenters. The second kappa shape index (κ2) is 7.93. The van der Waals surface area contributed by atoms with Crippen LogP contribution in [0, 0.1) is 0 Å². The third-order valence-corrected chi connectivity index (χ3v) is 2.95. The summed E-state index contributed by atoms with van der Waals surface area (Å²) in [6, 6.07) is 0.381. The van der Waals surface area contributed by atoms with E-state index in [-0.39, 0.29) is 6.54 Å². The van der Waals surface area contributed by atoms with Gasteiger partial charge in [0.15, 0.2) is 0 Å². The number of alkyl halides is 3. The zero-order valence-corrected chi connectivity index (χ0v) is 10.6. The number of nitrogens with zero attached hydrogens (tertiary/aromatic N) is 1. The molecule has 1 rings (SSSR count). The number of hydrogen-bond donors (Lipinski definition) is 0. The minimum atomic E-state index is -4.01. The third-order valence-electron chi connectivity index (χ3n) is 2.95. The van der Waals surface area contributed by atoms with Gasteiger partial charge in [0.05, 0.1) is 6.42 Å². The maximum atomic E-state index is 12.0. The molecule has 0 aromatic heterocycles. The van der Waals surface area contributed by atoms with E-state index in [9.17, 15) is 13.2 Å². The molecule has 1 nitrogen and oxygen atoms in total. The Morgan fingerprint density at radius 2 is 1.56 bits per heavy atom. The van der Waals surface area contributed by atoms with Crippen molar-refractivity contribution in [3.8, 4) is 0 Å². The van der Waals surface area contributed by atoms with Crippen LogP contribution in [0.2, 0.25) is 0 Å². The van der Waals surface area contributed by atoms with E-state index >= 15 is 0 Å². The number of rotatable bonds is 3. The molecule has 0 atom stereocenters. The molecule has 0 N–H and O–H groups in total. The molecular formula is C12H24F3N. The van der Waals surface area contributed by atoms with Crippen molar-refractivity contribution in [1.82, 2.24) is 4.90 Å². The van der Waals surface area contributed by atoms with Crippen molar-refractivity contribution in [2.75, 3.05) is 13.6 Å². The lowest BCUT2D eigenvalue weighted by atomic mass is 9.94. The fourth-order valence-electron chi connectivity index (χ4n) is 2.01. The molecule has 0 saturated heterocycles. The summed E-state index contributed by atoms with van der Waals surface area (Å²) in [5, 5.41) is 0. The highest BCUT2D eigenvalue weighted by Gasteiger charge is 2.28. The molecule has 1 fully saturated rings. The van der Waals surface area contributed by atoms with Crippen LogP contribution in [0.3, 0.4) is 0 Å². The summed E-state index contributed by atoms with van der Waals surface area (Å²) in [5.41, 5.74) is 0. The Hall–Kier alpha value is -0.250. The predicted octanol–water partition coefficient (Wildman–Crippen LogP) is 4.23. The van der Waals surface area contributed by atoms with Gasteiger partial charge in [0, 0.05) is 12.6 Å². The quantitative estimate of drug-likeness (QED) is 0.712. The zero-order chi connectivity index (χ0) is 12.6. The molecule has 0 spiro atoms. The first-order valence-electron chi connectivity index (χ1n) is 6.26. The van der Waals surface area contributed by atoms with Crippen molar-refractivity contribution < 1.29 is 13.2 Å². The first-order chi connectivity index (χ1) is 7.49. The molecule has 0 heterocycles. The molecule has 0 aromatic rings. The molecule has 4 heteroatoms. The Labute approximate surface area is 97.0 Å². The zero-order valence-electron chi connectivity index (χ0n) is 10.6. The lowest BCUT2D eigenvalue weighted by Crippen LogP contribution is -2.35. The van der Waals surface area contributed by atoms with Gasteiger partial charge in [-0.3, -0.25) is 0 Å². The highest BCUT2D eigenvalue weighted by atomic mass is 19.4. The van der Waals surface area contributed by atoms with Crippen LogP contribution in [0.25, 0.3) is 0 Å². The van der Waals surface area contributed by atoms with Crippen LogP contribution in [0.1, 0.15) is 52.4 Å². The topological polar surface area (TPSA) is 3.24 Å². The Balaban J connectivity index is 0.00000106. The van der Waals surface area contributed by atoms with Gasteiger partial charge in [-0.15, -0.1) is 0 Å². The van der Waals surface area contributed by atoms with Gasteiger partial charge in [0.1, 0.15) is 0 Å². The number of halogens is 3. The van der Waals surface area contributed by atoms with E-state index in [1.54, 1.807) is 0 Å². The summed E-state index contributed by atoms with van der Waals surface area (Å²) in [4.78, 5) is 1.87. The number of hydrogen-bond acceptors (Lipinski definition) is 1. The van der Waals surface area contributed by atoms with Crippen LogP contribution >= 0.6 is 0 Å². The second-order valence-corrected chi connectivity index (χ2v) is 4.14. The van der Waals surface area contributed by atoms with Crippen LogP contribution in [0.5, 0.6) is 0 Å². The van der Waals surface area contributed by atoms with E-state index in [0.29, 0.717) is 6.04 Å². The maximum absolute atomic E-state index is 12.0. The van der Waals surface area contributed by atoms with Crippen LogP contribution in [-0.4, -0.2) is 30.7 Å². The van der Waals surface area contributed by atoms with Gasteiger partial charge in [-0.25, -0.2) is 0 Å². The molecule has 0 aromatic carbocycles. The normalized spacial score (nSPS) is 18.2. The van der Waals surface area contributed by atoms with Crippen molar-refractivity contribution in [3.63, 3.8) is 0 Å². The summed E-state index contributed by atoms with van der Waals surface area (Å²) in [6.45, 7) is 4.15. The average molecular weight is 239 g/mol. The standard InChI is InChI=1S/C10H18F3N.C2H6/c1-14(8-7-10(11,12)13)9-5-3-2-4-6-9;1-2/h9H,2-8H2,1H3;1-2H3. The van der Waals surface area contributed by atoms with Crippen LogP contribution in [0.4, 0.5) is 13.2 Å². The van der Waals surface area contributed by atoms with E-state index in [1.807, 2.05) is 25.8 Å².